The lowest BCUT2D eigenvalue weighted by molar-refractivity contribution is -0.118. The van der Waals surface area contributed by atoms with Gasteiger partial charge in [-0.15, -0.1) is 0 Å². The molecule has 1 aromatic carbocycles. The first-order valence-electron chi connectivity index (χ1n) is 6.45. The van der Waals surface area contributed by atoms with E-state index in [4.69, 9.17) is 0 Å². The first-order valence-corrected chi connectivity index (χ1v) is 6.45. The molecular formula is C15H23NO. The van der Waals surface area contributed by atoms with E-state index in [-0.39, 0.29) is 0 Å². The molecule has 94 valence electrons. The summed E-state index contributed by atoms with van der Waals surface area (Å²) in [6.45, 7) is 9.26. The molecule has 0 spiro atoms. The maximum absolute atomic E-state index is 11.8. The first kappa shape index (κ1) is 13.9. The van der Waals surface area contributed by atoms with Crippen molar-refractivity contribution in [2.75, 3.05) is 19.6 Å². The summed E-state index contributed by atoms with van der Waals surface area (Å²) in [5.41, 5.74) is 2.37. The molecule has 0 unspecified atom stereocenters. The van der Waals surface area contributed by atoms with E-state index in [0.29, 0.717) is 18.6 Å². The Bertz CT molecular complexity index is 338. The van der Waals surface area contributed by atoms with Crippen molar-refractivity contribution in [2.45, 2.75) is 33.6 Å². The summed E-state index contributed by atoms with van der Waals surface area (Å²) in [5, 5.41) is 0. The number of ketones is 1. The Morgan fingerprint density at radius 1 is 1.12 bits per heavy atom. The monoisotopic (exact) mass is 233 g/mol. The average Bonchev–Trinajstić information content (AvgIpc) is 2.33. The van der Waals surface area contributed by atoms with E-state index in [1.807, 2.05) is 12.1 Å². The highest BCUT2D eigenvalue weighted by Crippen LogP contribution is 2.05. The quantitative estimate of drug-likeness (QED) is 0.722. The van der Waals surface area contributed by atoms with Crippen molar-refractivity contribution in [1.82, 2.24) is 4.90 Å². The summed E-state index contributed by atoms with van der Waals surface area (Å²) in [7, 11) is 0. The Morgan fingerprint density at radius 3 is 2.24 bits per heavy atom. The number of carbonyl (C=O) groups excluding carboxylic acids is 1. The van der Waals surface area contributed by atoms with Crippen molar-refractivity contribution < 1.29 is 4.79 Å². The van der Waals surface area contributed by atoms with E-state index >= 15 is 0 Å². The van der Waals surface area contributed by atoms with Gasteiger partial charge in [0, 0.05) is 19.4 Å². The van der Waals surface area contributed by atoms with Crippen LogP contribution < -0.4 is 0 Å². The van der Waals surface area contributed by atoms with Gasteiger partial charge < -0.3 is 4.90 Å². The van der Waals surface area contributed by atoms with Gasteiger partial charge in [-0.05, 0) is 25.6 Å². The molecule has 0 aliphatic heterocycles. The standard InChI is InChI=1S/C15H23NO/c1-4-16(5-2)11-10-15(17)12-14-8-6-13(3)7-9-14/h6-9H,4-5,10-12H2,1-3H3. The molecule has 0 N–H and O–H groups in total. The van der Waals surface area contributed by atoms with Gasteiger partial charge in [0.1, 0.15) is 5.78 Å². The molecule has 1 rings (SSSR count). The third-order valence-corrected chi connectivity index (χ3v) is 3.12. The maximum atomic E-state index is 11.8. The molecule has 0 bridgehead atoms. The highest BCUT2D eigenvalue weighted by atomic mass is 16.1. The molecule has 0 atom stereocenters. The Morgan fingerprint density at radius 2 is 1.71 bits per heavy atom. The molecular weight excluding hydrogens is 210 g/mol. The molecule has 0 amide bonds. The van der Waals surface area contributed by atoms with Crippen molar-refractivity contribution in [3.8, 4) is 0 Å². The number of aryl methyl sites for hydroxylation is 1. The van der Waals surface area contributed by atoms with Gasteiger partial charge in [0.2, 0.25) is 0 Å². The fourth-order valence-electron chi connectivity index (χ4n) is 1.84. The number of nitrogens with zero attached hydrogens (tertiary/aromatic N) is 1. The SMILES string of the molecule is CCN(CC)CCC(=O)Cc1ccc(C)cc1. The fraction of sp³-hybridized carbons (Fsp3) is 0.533. The zero-order valence-electron chi connectivity index (χ0n) is 11.2. The number of hydrogen-bond donors (Lipinski definition) is 0. The van der Waals surface area contributed by atoms with E-state index < -0.39 is 0 Å². The van der Waals surface area contributed by atoms with Gasteiger partial charge in [-0.1, -0.05) is 43.7 Å². The lowest BCUT2D eigenvalue weighted by atomic mass is 10.1. The molecule has 2 nitrogen and oxygen atoms in total. The smallest absolute Gasteiger partial charge is 0.138 e. The van der Waals surface area contributed by atoms with Crippen LogP contribution in [0.1, 0.15) is 31.4 Å². The van der Waals surface area contributed by atoms with Crippen LogP contribution in [-0.4, -0.2) is 30.3 Å². The van der Waals surface area contributed by atoms with Crippen LogP contribution in [0.25, 0.3) is 0 Å². The molecule has 2 heteroatoms. The van der Waals surface area contributed by atoms with Gasteiger partial charge in [-0.3, -0.25) is 4.79 Å². The highest BCUT2D eigenvalue weighted by Gasteiger charge is 2.06. The lowest BCUT2D eigenvalue weighted by Crippen LogP contribution is -2.26. The normalized spacial score (nSPS) is 10.8. The van der Waals surface area contributed by atoms with Crippen LogP contribution >= 0.6 is 0 Å². The average molecular weight is 233 g/mol. The summed E-state index contributed by atoms with van der Waals surface area (Å²) in [4.78, 5) is 14.1. The predicted molar refractivity (Wildman–Crippen MR) is 72.3 cm³/mol. The van der Waals surface area contributed by atoms with Gasteiger partial charge in [0.25, 0.3) is 0 Å². The van der Waals surface area contributed by atoms with Crippen LogP contribution in [0.2, 0.25) is 0 Å². The van der Waals surface area contributed by atoms with Gasteiger partial charge in [-0.25, -0.2) is 0 Å². The molecule has 0 radical (unpaired) electrons. The summed E-state index contributed by atoms with van der Waals surface area (Å²) < 4.78 is 0. The predicted octanol–water partition coefficient (Wildman–Crippen LogP) is 2.84. The Labute approximate surface area is 105 Å². The molecule has 0 saturated heterocycles. The Balaban J connectivity index is 2.37. The van der Waals surface area contributed by atoms with Crippen molar-refractivity contribution >= 4 is 5.78 Å². The molecule has 0 heterocycles. The van der Waals surface area contributed by atoms with Crippen LogP contribution in [0.15, 0.2) is 24.3 Å². The summed E-state index contributed by atoms with van der Waals surface area (Å²) in [6, 6.07) is 8.22. The van der Waals surface area contributed by atoms with Crippen LogP contribution in [0, 0.1) is 6.92 Å². The van der Waals surface area contributed by atoms with Crippen LogP contribution in [0.4, 0.5) is 0 Å². The summed E-state index contributed by atoms with van der Waals surface area (Å²) >= 11 is 0. The summed E-state index contributed by atoms with van der Waals surface area (Å²) in [6.07, 6.45) is 1.23. The van der Waals surface area contributed by atoms with E-state index in [2.05, 4.69) is 37.8 Å². The number of carbonyl (C=O) groups is 1. The van der Waals surface area contributed by atoms with Crippen molar-refractivity contribution in [3.63, 3.8) is 0 Å². The van der Waals surface area contributed by atoms with E-state index in [0.717, 1.165) is 25.2 Å². The third-order valence-electron chi connectivity index (χ3n) is 3.12. The minimum absolute atomic E-state index is 0.334. The zero-order valence-corrected chi connectivity index (χ0v) is 11.2. The number of benzene rings is 1. The zero-order chi connectivity index (χ0) is 12.7. The second-order valence-electron chi connectivity index (χ2n) is 4.48. The summed E-state index contributed by atoms with van der Waals surface area (Å²) in [5.74, 6) is 0.334. The van der Waals surface area contributed by atoms with Crippen LogP contribution in [0.5, 0.6) is 0 Å². The van der Waals surface area contributed by atoms with Crippen LogP contribution in [-0.2, 0) is 11.2 Å². The van der Waals surface area contributed by atoms with Crippen LogP contribution in [0.3, 0.4) is 0 Å². The lowest BCUT2D eigenvalue weighted by Gasteiger charge is -2.17. The highest BCUT2D eigenvalue weighted by molar-refractivity contribution is 5.81. The molecule has 0 saturated carbocycles. The van der Waals surface area contributed by atoms with Crippen molar-refractivity contribution in [2.24, 2.45) is 0 Å². The molecule has 0 aliphatic rings. The largest absolute Gasteiger partial charge is 0.303 e. The van der Waals surface area contributed by atoms with Crippen molar-refractivity contribution in [3.05, 3.63) is 35.4 Å². The Hall–Kier alpha value is -1.15. The second kappa shape index (κ2) is 7.23. The van der Waals surface area contributed by atoms with Crippen molar-refractivity contribution in [1.29, 1.82) is 0 Å². The number of rotatable bonds is 7. The minimum atomic E-state index is 0.334. The minimum Gasteiger partial charge on any atom is -0.303 e. The van der Waals surface area contributed by atoms with Gasteiger partial charge in [0.05, 0.1) is 0 Å². The molecule has 0 aliphatic carbocycles. The van der Waals surface area contributed by atoms with E-state index in [9.17, 15) is 4.79 Å². The molecule has 0 fully saturated rings. The van der Waals surface area contributed by atoms with Gasteiger partial charge in [0.15, 0.2) is 0 Å². The van der Waals surface area contributed by atoms with E-state index in [1.165, 1.54) is 5.56 Å². The second-order valence-corrected chi connectivity index (χ2v) is 4.48. The molecule has 1 aromatic rings. The number of hydrogen-bond acceptors (Lipinski definition) is 2. The van der Waals surface area contributed by atoms with Gasteiger partial charge >= 0.3 is 0 Å². The first-order chi connectivity index (χ1) is 8.15. The molecule has 0 aromatic heterocycles. The fourth-order valence-corrected chi connectivity index (χ4v) is 1.84. The topological polar surface area (TPSA) is 20.3 Å². The number of Topliss-reactive ketones (excluding diaryl/α,β-unsaturated/α-hetero) is 1. The van der Waals surface area contributed by atoms with E-state index in [1.54, 1.807) is 0 Å². The molecule has 17 heavy (non-hydrogen) atoms. The Kier molecular flexibility index (Phi) is 5.92. The maximum Gasteiger partial charge on any atom is 0.138 e. The third kappa shape index (κ3) is 5.14. The van der Waals surface area contributed by atoms with Gasteiger partial charge in [-0.2, -0.15) is 0 Å².